The smallest absolute Gasteiger partial charge is 0.325 e. The number of ether oxygens (including phenoxy) is 1. The molecule has 5 aliphatic rings. The van der Waals surface area contributed by atoms with Crippen molar-refractivity contribution in [1.82, 2.24) is 4.90 Å². The zero-order chi connectivity index (χ0) is 36.3. The minimum atomic E-state index is -3.64. The van der Waals surface area contributed by atoms with Crippen LogP contribution >= 0.6 is 7.60 Å². The van der Waals surface area contributed by atoms with Crippen LogP contribution < -0.4 is 0 Å². The highest BCUT2D eigenvalue weighted by Gasteiger charge is 2.59. The average Bonchev–Trinajstić information content (AvgIpc) is 3.60. The van der Waals surface area contributed by atoms with Gasteiger partial charge in [-0.05, 0) is 111 Å². The number of aliphatic hydroxyl groups excluding tert-OH is 1. The lowest BCUT2D eigenvalue weighted by Gasteiger charge is -2.58. The second kappa shape index (κ2) is 16.9. The fourth-order valence-corrected chi connectivity index (χ4v) is 12.1. The molecule has 3 unspecified atom stereocenters. The van der Waals surface area contributed by atoms with Gasteiger partial charge in [0, 0.05) is 32.5 Å². The van der Waals surface area contributed by atoms with Crippen molar-refractivity contribution >= 4 is 19.5 Å². The number of amides is 1. The van der Waals surface area contributed by atoms with Gasteiger partial charge in [0.1, 0.15) is 6.10 Å². The summed E-state index contributed by atoms with van der Waals surface area (Å²) in [5.74, 6) is 4.80. The summed E-state index contributed by atoms with van der Waals surface area (Å²) in [6, 6.07) is -0.382. The second-order valence-corrected chi connectivity index (χ2v) is 20.1. The first-order valence-electron chi connectivity index (χ1n) is 20.4. The van der Waals surface area contributed by atoms with E-state index in [1.165, 1.54) is 51.4 Å². The zero-order valence-electron chi connectivity index (χ0n) is 32.2. The van der Waals surface area contributed by atoms with Crippen molar-refractivity contribution in [3.8, 4) is 0 Å². The van der Waals surface area contributed by atoms with E-state index in [1.807, 2.05) is 0 Å². The summed E-state index contributed by atoms with van der Waals surface area (Å²) < 4.78 is 22.6. The first-order valence-corrected chi connectivity index (χ1v) is 22.4. The van der Waals surface area contributed by atoms with Crippen LogP contribution in [-0.4, -0.2) is 64.8 Å². The number of unbranched alkanes of at least 4 members (excludes halogenated alkanes) is 3. The second-order valence-electron chi connectivity index (χ2n) is 18.2. The molecule has 286 valence electrons. The first kappa shape index (κ1) is 40.0. The molecule has 0 spiro atoms. The molecule has 2 N–H and O–H groups in total. The van der Waals surface area contributed by atoms with Crippen LogP contribution in [0, 0.1) is 46.3 Å². The van der Waals surface area contributed by atoms with E-state index in [2.05, 4.69) is 40.7 Å². The minimum Gasteiger partial charge on any atom is -0.462 e. The van der Waals surface area contributed by atoms with Gasteiger partial charge in [0.2, 0.25) is 5.91 Å². The Morgan fingerprint density at radius 3 is 2.44 bits per heavy atom. The van der Waals surface area contributed by atoms with Crippen molar-refractivity contribution in [3.63, 3.8) is 0 Å². The molecular formula is C41H70NO7P. The van der Waals surface area contributed by atoms with Crippen molar-refractivity contribution in [3.05, 3.63) is 11.6 Å². The maximum Gasteiger partial charge on any atom is 0.325 e. The molecule has 50 heavy (non-hydrogen) atoms. The monoisotopic (exact) mass is 719 g/mol. The Morgan fingerprint density at radius 1 is 0.980 bits per heavy atom. The number of hydrogen-bond donors (Lipinski definition) is 2. The number of likely N-dealkylation sites (tertiary alicyclic amines) is 1. The predicted octanol–water partition coefficient (Wildman–Crippen LogP) is 9.07. The van der Waals surface area contributed by atoms with Gasteiger partial charge in [0.25, 0.3) is 0 Å². The number of fused-ring (bicyclic) bond motifs is 5. The summed E-state index contributed by atoms with van der Waals surface area (Å²) in [6.07, 6.45) is 20.1. The van der Waals surface area contributed by atoms with Gasteiger partial charge < -0.3 is 24.2 Å². The summed E-state index contributed by atoms with van der Waals surface area (Å²) >= 11 is 0. The maximum atomic E-state index is 12.9. The van der Waals surface area contributed by atoms with E-state index in [0.717, 1.165) is 80.7 Å². The van der Waals surface area contributed by atoms with Crippen LogP contribution in [0.2, 0.25) is 0 Å². The van der Waals surface area contributed by atoms with Gasteiger partial charge in [-0.25, -0.2) is 0 Å². The fraction of sp³-hybridized carbons (Fsp3) is 0.902. The third-order valence-electron chi connectivity index (χ3n) is 14.3. The number of hydrogen-bond acceptors (Lipinski definition) is 6. The van der Waals surface area contributed by atoms with Gasteiger partial charge >= 0.3 is 13.6 Å². The van der Waals surface area contributed by atoms with Gasteiger partial charge in [0.15, 0.2) is 0 Å². The van der Waals surface area contributed by atoms with E-state index in [1.54, 1.807) is 10.5 Å². The Balaban J connectivity index is 1.02. The van der Waals surface area contributed by atoms with E-state index >= 15 is 0 Å². The van der Waals surface area contributed by atoms with Crippen LogP contribution in [0.5, 0.6) is 0 Å². The molecule has 0 aromatic rings. The van der Waals surface area contributed by atoms with Crippen LogP contribution in [0.4, 0.5) is 0 Å². The quantitative estimate of drug-likeness (QED) is 0.0708. The molecule has 1 aliphatic heterocycles. The van der Waals surface area contributed by atoms with E-state index in [-0.39, 0.29) is 42.6 Å². The molecule has 0 radical (unpaired) electrons. The molecule has 4 fully saturated rings. The number of nitrogens with zero attached hydrogens (tertiary/aromatic N) is 1. The van der Waals surface area contributed by atoms with E-state index in [9.17, 15) is 24.2 Å². The molecular weight excluding hydrogens is 649 g/mol. The number of aliphatic hydroxyl groups is 1. The molecule has 0 bridgehead atoms. The Bertz CT molecular complexity index is 1250. The number of rotatable bonds is 16. The molecule has 4 aliphatic carbocycles. The van der Waals surface area contributed by atoms with Gasteiger partial charge in [-0.2, -0.15) is 0 Å². The molecule has 1 heterocycles. The molecule has 5 rings (SSSR count). The van der Waals surface area contributed by atoms with Gasteiger partial charge in [-0.15, -0.1) is 0 Å². The Labute approximate surface area is 303 Å². The fourth-order valence-electron chi connectivity index (χ4n) is 11.6. The van der Waals surface area contributed by atoms with Gasteiger partial charge in [0.05, 0.1) is 18.8 Å². The Morgan fingerprint density at radius 2 is 1.72 bits per heavy atom. The predicted molar refractivity (Wildman–Crippen MR) is 198 cm³/mol. The van der Waals surface area contributed by atoms with Crippen molar-refractivity contribution < 1.29 is 33.4 Å². The minimum absolute atomic E-state index is 0.00686. The molecule has 1 amide bonds. The normalized spacial score (nSPS) is 37.0. The number of esters is 1. The largest absolute Gasteiger partial charge is 0.462 e. The highest BCUT2D eigenvalue weighted by atomic mass is 31.2. The van der Waals surface area contributed by atoms with E-state index in [4.69, 9.17) is 9.26 Å². The number of carbonyl (C=O) groups excluding carboxylic acids is 2. The maximum absolute atomic E-state index is 12.9. The van der Waals surface area contributed by atoms with Crippen molar-refractivity contribution in [1.29, 1.82) is 0 Å². The lowest BCUT2D eigenvalue weighted by atomic mass is 9.47. The number of allylic oxidation sites excluding steroid dienone is 1. The van der Waals surface area contributed by atoms with Crippen LogP contribution in [0.25, 0.3) is 0 Å². The summed E-state index contributed by atoms with van der Waals surface area (Å²) in [5.41, 5.74) is 2.32. The third-order valence-corrected chi connectivity index (χ3v) is 14.9. The number of carbonyl (C=O) groups is 2. The summed E-state index contributed by atoms with van der Waals surface area (Å²) in [5, 5.41) is 10.0. The lowest BCUT2D eigenvalue weighted by Crippen LogP contribution is -2.51. The summed E-state index contributed by atoms with van der Waals surface area (Å²) in [6.45, 7) is 13.8. The molecule has 0 aromatic carbocycles. The third kappa shape index (κ3) is 9.47. The molecule has 0 aromatic heterocycles. The van der Waals surface area contributed by atoms with Gasteiger partial charge in [-0.1, -0.05) is 78.4 Å². The highest BCUT2D eigenvalue weighted by Crippen LogP contribution is 2.67. The highest BCUT2D eigenvalue weighted by molar-refractivity contribution is 7.51. The lowest BCUT2D eigenvalue weighted by molar-refractivity contribution is -0.151. The van der Waals surface area contributed by atoms with Gasteiger partial charge in [-0.3, -0.25) is 14.2 Å². The first-order chi connectivity index (χ1) is 23.6. The standard InChI is InChI=1S/C41H70NO7P/c1-28(2)12-11-13-29(3)35-18-19-36-34-17-16-30-24-33(20-22-40(30,4)37(34)21-23-41(35,36)5)49-39(45)15-10-8-7-9-14-38(44)42-26-32(43)25-31(42)27-48-50(6,46)47/h16,28-29,31-37,43H,7-15,17-27H2,1-6H3,(H,46,47)/t29-,31+,32?,33+,34+,35?,36+,37+,40+,41-/m1/s1. The summed E-state index contributed by atoms with van der Waals surface area (Å²) in [4.78, 5) is 36.7. The Hall–Kier alpha value is -1.21. The number of β-amino-alcohol motifs (C(OH)–C–C–N with tert-alkyl or cyclic N) is 1. The van der Waals surface area contributed by atoms with Crippen molar-refractivity contribution in [2.24, 2.45) is 46.3 Å². The SMILES string of the molecule is CC(C)CCC[C@@H](C)C1CC[C@H]2[C@@H]3CC=C4C[C@@H](OC(=O)CCCCCCC(=O)N5CC(O)C[C@H]5COP(C)(=O)O)CC[C@]4(C)[C@H]3CC[C@]12C. The van der Waals surface area contributed by atoms with E-state index in [0.29, 0.717) is 31.1 Å². The van der Waals surface area contributed by atoms with Crippen LogP contribution in [0.3, 0.4) is 0 Å². The molecule has 1 saturated heterocycles. The molecule has 9 heteroatoms. The Kier molecular flexibility index (Phi) is 13.5. The summed E-state index contributed by atoms with van der Waals surface area (Å²) in [7, 11) is -3.64. The van der Waals surface area contributed by atoms with Crippen LogP contribution in [-0.2, 0) is 23.4 Å². The molecule has 11 atom stereocenters. The van der Waals surface area contributed by atoms with Crippen LogP contribution in [0.15, 0.2) is 11.6 Å². The zero-order valence-corrected chi connectivity index (χ0v) is 33.1. The topological polar surface area (TPSA) is 113 Å². The average molecular weight is 720 g/mol. The molecule has 8 nitrogen and oxygen atoms in total. The molecule has 3 saturated carbocycles. The van der Waals surface area contributed by atoms with Crippen LogP contribution in [0.1, 0.15) is 150 Å². The van der Waals surface area contributed by atoms with Crippen molar-refractivity contribution in [2.75, 3.05) is 19.8 Å². The van der Waals surface area contributed by atoms with E-state index < -0.39 is 13.7 Å². The van der Waals surface area contributed by atoms with Crippen molar-refractivity contribution in [2.45, 2.75) is 168 Å².